The van der Waals surface area contributed by atoms with Crippen LogP contribution in [0.3, 0.4) is 0 Å². The van der Waals surface area contributed by atoms with E-state index in [0.29, 0.717) is 5.01 Å². The van der Waals surface area contributed by atoms with Gasteiger partial charge in [-0.25, -0.2) is 4.98 Å². The number of benzene rings is 1. The number of rotatable bonds is 2. The Labute approximate surface area is 78.0 Å². The number of nitro groups is 1. The summed E-state index contributed by atoms with van der Waals surface area (Å²) < 4.78 is 0.999. The van der Waals surface area contributed by atoms with Gasteiger partial charge in [-0.05, 0) is 12.1 Å². The third-order valence-corrected chi connectivity index (χ3v) is 2.62. The van der Waals surface area contributed by atoms with Gasteiger partial charge in [0.1, 0.15) is 0 Å². The van der Waals surface area contributed by atoms with Gasteiger partial charge in [0.25, 0.3) is 6.54 Å². The van der Waals surface area contributed by atoms with Crippen molar-refractivity contribution in [1.82, 2.24) is 4.98 Å². The SMILES string of the molecule is O=[N+]([O-])Cc1nc2ccccc2s1. The van der Waals surface area contributed by atoms with Crippen LogP contribution in [0.25, 0.3) is 10.2 Å². The van der Waals surface area contributed by atoms with Crippen molar-refractivity contribution in [2.45, 2.75) is 6.54 Å². The lowest BCUT2D eigenvalue weighted by molar-refractivity contribution is -0.496. The highest BCUT2D eigenvalue weighted by molar-refractivity contribution is 7.18. The molecule has 1 aromatic carbocycles. The molecule has 2 aromatic rings. The summed E-state index contributed by atoms with van der Waals surface area (Å²) in [5.74, 6) is 0. The van der Waals surface area contributed by atoms with E-state index >= 15 is 0 Å². The van der Waals surface area contributed by atoms with E-state index in [1.807, 2.05) is 24.3 Å². The van der Waals surface area contributed by atoms with Crippen LogP contribution < -0.4 is 0 Å². The molecule has 13 heavy (non-hydrogen) atoms. The maximum absolute atomic E-state index is 10.2. The van der Waals surface area contributed by atoms with Gasteiger partial charge in [-0.2, -0.15) is 0 Å². The molecule has 0 radical (unpaired) electrons. The minimum Gasteiger partial charge on any atom is -0.264 e. The van der Waals surface area contributed by atoms with E-state index in [4.69, 9.17) is 0 Å². The molecule has 0 saturated heterocycles. The molecule has 0 aliphatic rings. The molecule has 4 nitrogen and oxygen atoms in total. The number of aromatic nitrogens is 1. The summed E-state index contributed by atoms with van der Waals surface area (Å²) in [6, 6.07) is 7.54. The Morgan fingerprint density at radius 3 is 2.92 bits per heavy atom. The first-order valence-electron chi connectivity index (χ1n) is 3.72. The molecule has 0 saturated carbocycles. The number of nitrogens with zero attached hydrogens (tertiary/aromatic N) is 2. The van der Waals surface area contributed by atoms with Gasteiger partial charge >= 0.3 is 0 Å². The molecular formula is C8H6N2O2S. The fraction of sp³-hybridized carbons (Fsp3) is 0.125. The number of fused-ring (bicyclic) bond motifs is 1. The van der Waals surface area contributed by atoms with Crippen LogP contribution in [0.1, 0.15) is 5.01 Å². The lowest BCUT2D eigenvalue weighted by Crippen LogP contribution is -1.96. The predicted molar refractivity (Wildman–Crippen MR) is 50.3 cm³/mol. The summed E-state index contributed by atoms with van der Waals surface area (Å²) in [6.07, 6.45) is 0. The van der Waals surface area contributed by atoms with Crippen LogP contribution in [-0.2, 0) is 6.54 Å². The van der Waals surface area contributed by atoms with E-state index < -0.39 is 0 Å². The first kappa shape index (κ1) is 8.12. The summed E-state index contributed by atoms with van der Waals surface area (Å²) in [5.41, 5.74) is 0.837. The topological polar surface area (TPSA) is 56.0 Å². The van der Waals surface area contributed by atoms with Crippen LogP contribution >= 0.6 is 11.3 Å². The summed E-state index contributed by atoms with van der Waals surface area (Å²) in [4.78, 5) is 14.0. The Hall–Kier alpha value is -1.49. The molecule has 0 fully saturated rings. The van der Waals surface area contributed by atoms with Crippen LogP contribution in [0.4, 0.5) is 0 Å². The van der Waals surface area contributed by atoms with Gasteiger partial charge in [-0.1, -0.05) is 12.1 Å². The molecule has 0 N–H and O–H groups in total. The van der Waals surface area contributed by atoms with Crippen molar-refractivity contribution < 1.29 is 4.92 Å². The summed E-state index contributed by atoms with van der Waals surface area (Å²) >= 11 is 1.37. The Balaban J connectivity index is 2.44. The van der Waals surface area contributed by atoms with E-state index in [0.717, 1.165) is 10.2 Å². The van der Waals surface area contributed by atoms with Crippen molar-refractivity contribution in [3.05, 3.63) is 39.4 Å². The largest absolute Gasteiger partial charge is 0.264 e. The zero-order valence-electron chi connectivity index (χ0n) is 6.64. The monoisotopic (exact) mass is 194 g/mol. The quantitative estimate of drug-likeness (QED) is 0.543. The number of hydrogen-bond donors (Lipinski definition) is 0. The molecule has 0 bridgehead atoms. The molecule has 0 atom stereocenters. The Kier molecular flexibility index (Phi) is 1.94. The van der Waals surface area contributed by atoms with Crippen LogP contribution in [0.5, 0.6) is 0 Å². The van der Waals surface area contributed by atoms with E-state index in [9.17, 15) is 10.1 Å². The molecule has 1 aromatic heterocycles. The first-order chi connectivity index (χ1) is 6.25. The zero-order valence-corrected chi connectivity index (χ0v) is 7.45. The highest BCUT2D eigenvalue weighted by Gasteiger charge is 2.07. The Morgan fingerprint density at radius 2 is 2.23 bits per heavy atom. The molecule has 0 spiro atoms. The van der Waals surface area contributed by atoms with Gasteiger partial charge in [0.2, 0.25) is 0 Å². The summed E-state index contributed by atoms with van der Waals surface area (Å²) in [7, 11) is 0. The van der Waals surface area contributed by atoms with Crippen molar-refractivity contribution >= 4 is 21.6 Å². The molecule has 5 heteroatoms. The van der Waals surface area contributed by atoms with Gasteiger partial charge in [0.05, 0.1) is 10.2 Å². The smallest absolute Gasteiger partial charge is 0.254 e. The standard InChI is InChI=1S/C8H6N2O2S/c11-10(12)5-8-9-6-3-1-2-4-7(6)13-8/h1-4H,5H2. The Bertz CT molecular complexity index is 419. The highest BCUT2D eigenvalue weighted by Crippen LogP contribution is 2.21. The van der Waals surface area contributed by atoms with Crippen molar-refractivity contribution in [1.29, 1.82) is 0 Å². The fourth-order valence-electron chi connectivity index (χ4n) is 1.10. The van der Waals surface area contributed by atoms with Gasteiger partial charge in [0, 0.05) is 4.92 Å². The third-order valence-electron chi connectivity index (χ3n) is 1.60. The molecule has 0 amide bonds. The van der Waals surface area contributed by atoms with Gasteiger partial charge < -0.3 is 0 Å². The van der Waals surface area contributed by atoms with E-state index in [1.165, 1.54) is 11.3 Å². The lowest BCUT2D eigenvalue weighted by atomic mass is 10.3. The second-order valence-electron chi connectivity index (χ2n) is 2.57. The third kappa shape index (κ3) is 1.65. The minimum absolute atomic E-state index is 0.181. The average Bonchev–Trinajstić information content (AvgIpc) is 2.44. The Morgan fingerprint density at radius 1 is 1.46 bits per heavy atom. The lowest BCUT2D eigenvalue weighted by Gasteiger charge is -1.83. The van der Waals surface area contributed by atoms with Crippen LogP contribution in [0.15, 0.2) is 24.3 Å². The molecular weight excluding hydrogens is 188 g/mol. The predicted octanol–water partition coefficient (Wildman–Crippen LogP) is 2.07. The summed E-state index contributed by atoms with van der Waals surface area (Å²) in [6.45, 7) is -0.181. The van der Waals surface area contributed by atoms with Crippen LogP contribution in [0.2, 0.25) is 0 Å². The second kappa shape index (κ2) is 3.10. The highest BCUT2D eigenvalue weighted by atomic mass is 32.1. The maximum Gasteiger partial charge on any atom is 0.254 e. The van der Waals surface area contributed by atoms with Crippen molar-refractivity contribution in [3.63, 3.8) is 0 Å². The normalized spacial score (nSPS) is 10.5. The maximum atomic E-state index is 10.2. The van der Waals surface area contributed by atoms with E-state index in [-0.39, 0.29) is 11.5 Å². The van der Waals surface area contributed by atoms with E-state index in [2.05, 4.69) is 4.98 Å². The molecule has 66 valence electrons. The number of hydrogen-bond acceptors (Lipinski definition) is 4. The molecule has 1 heterocycles. The van der Waals surface area contributed by atoms with Crippen molar-refractivity contribution in [2.75, 3.05) is 0 Å². The first-order valence-corrected chi connectivity index (χ1v) is 4.53. The molecule has 0 aliphatic carbocycles. The molecule has 0 unspecified atom stereocenters. The minimum atomic E-state index is -0.363. The van der Waals surface area contributed by atoms with Gasteiger partial charge in [0.15, 0.2) is 5.01 Å². The van der Waals surface area contributed by atoms with E-state index in [1.54, 1.807) is 0 Å². The number of thiazole rings is 1. The zero-order chi connectivity index (χ0) is 9.26. The van der Waals surface area contributed by atoms with Crippen molar-refractivity contribution in [3.8, 4) is 0 Å². The average molecular weight is 194 g/mol. The molecule has 2 rings (SSSR count). The fourth-order valence-corrected chi connectivity index (χ4v) is 2.03. The van der Waals surface area contributed by atoms with Crippen LogP contribution in [-0.4, -0.2) is 9.91 Å². The van der Waals surface area contributed by atoms with Gasteiger partial charge in [-0.3, -0.25) is 10.1 Å². The summed E-state index contributed by atoms with van der Waals surface area (Å²) in [5, 5.41) is 10.8. The van der Waals surface area contributed by atoms with Crippen LogP contribution in [0, 0.1) is 10.1 Å². The van der Waals surface area contributed by atoms with Crippen molar-refractivity contribution in [2.24, 2.45) is 0 Å². The van der Waals surface area contributed by atoms with Gasteiger partial charge in [-0.15, -0.1) is 11.3 Å². The number of para-hydroxylation sites is 1. The molecule has 0 aliphatic heterocycles. The second-order valence-corrected chi connectivity index (χ2v) is 3.68.